The van der Waals surface area contributed by atoms with Crippen molar-refractivity contribution in [3.63, 3.8) is 0 Å². The van der Waals surface area contributed by atoms with Crippen molar-refractivity contribution in [1.29, 1.82) is 0 Å². The Morgan fingerprint density at radius 1 is 1.38 bits per heavy atom. The van der Waals surface area contributed by atoms with Gasteiger partial charge in [-0.3, -0.25) is 14.5 Å². The molecule has 1 fully saturated rings. The maximum absolute atomic E-state index is 12.3. The van der Waals surface area contributed by atoms with Crippen LogP contribution in [0.25, 0.3) is 11.4 Å². The van der Waals surface area contributed by atoms with Crippen molar-refractivity contribution in [3.8, 4) is 11.4 Å². The molecule has 2 N–H and O–H groups in total. The Bertz CT molecular complexity index is 762. The van der Waals surface area contributed by atoms with Gasteiger partial charge in [-0.25, -0.2) is 0 Å². The minimum atomic E-state index is 0.0895. The predicted molar refractivity (Wildman–Crippen MR) is 97.1 cm³/mol. The van der Waals surface area contributed by atoms with Gasteiger partial charge in [-0.2, -0.15) is 5.10 Å². The third-order valence-electron chi connectivity index (χ3n) is 4.84. The van der Waals surface area contributed by atoms with Gasteiger partial charge in [-0.1, -0.05) is 43.2 Å². The monoisotopic (exact) mass is 344 g/mol. The van der Waals surface area contributed by atoms with E-state index in [9.17, 15) is 4.79 Å². The lowest BCUT2D eigenvalue weighted by atomic mass is 10.1. The van der Waals surface area contributed by atoms with Gasteiger partial charge in [0.05, 0.1) is 0 Å². The maximum Gasteiger partial charge on any atom is 0.222 e. The summed E-state index contributed by atoms with van der Waals surface area (Å²) in [6, 6.07) is 8.47. The molecule has 2 atom stereocenters. The zero-order chi connectivity index (χ0) is 17.1. The Morgan fingerprint density at radius 3 is 2.79 bits per heavy atom. The van der Waals surface area contributed by atoms with Crippen molar-refractivity contribution in [2.24, 2.45) is 5.92 Å². The number of rotatable bonds is 5. The molecule has 5 nitrogen and oxygen atoms in total. The van der Waals surface area contributed by atoms with Crippen LogP contribution in [-0.2, 0) is 11.3 Å². The second-order valence-corrected chi connectivity index (χ2v) is 7.09. The molecule has 24 heavy (non-hydrogen) atoms. The van der Waals surface area contributed by atoms with E-state index in [1.54, 1.807) is 0 Å². The number of amides is 1. The Balaban J connectivity index is 1.67. The lowest BCUT2D eigenvalue weighted by Crippen LogP contribution is -2.36. The molecule has 0 bridgehead atoms. The number of carbonyl (C=O) groups excluding carboxylic acids is 1. The van der Waals surface area contributed by atoms with Crippen LogP contribution < -0.4 is 5.32 Å². The SMILES string of the molecule is Cc1ccc(-c2n[nH]c(=S)n2CCC(=O)NC2CCCC2C)cc1. The number of nitrogens with zero attached hydrogens (tertiary/aromatic N) is 2. The number of aryl methyl sites for hydroxylation is 1. The van der Waals surface area contributed by atoms with Gasteiger partial charge >= 0.3 is 0 Å². The van der Waals surface area contributed by atoms with Gasteiger partial charge in [0.2, 0.25) is 5.91 Å². The Kier molecular flexibility index (Phi) is 5.14. The third kappa shape index (κ3) is 3.75. The number of aromatic amines is 1. The van der Waals surface area contributed by atoms with Crippen LogP contribution in [0.3, 0.4) is 0 Å². The smallest absolute Gasteiger partial charge is 0.222 e. The lowest BCUT2D eigenvalue weighted by molar-refractivity contribution is -0.122. The number of aromatic nitrogens is 3. The van der Waals surface area contributed by atoms with Crippen LogP contribution in [0.4, 0.5) is 0 Å². The molecule has 3 rings (SSSR count). The van der Waals surface area contributed by atoms with E-state index in [4.69, 9.17) is 12.2 Å². The first-order valence-electron chi connectivity index (χ1n) is 8.56. The average molecular weight is 344 g/mol. The van der Waals surface area contributed by atoms with Crippen molar-refractivity contribution >= 4 is 18.1 Å². The second-order valence-electron chi connectivity index (χ2n) is 6.70. The van der Waals surface area contributed by atoms with E-state index in [1.165, 1.54) is 18.4 Å². The van der Waals surface area contributed by atoms with Gasteiger partial charge in [0.1, 0.15) is 0 Å². The predicted octanol–water partition coefficient (Wildman–Crippen LogP) is 3.61. The molecule has 0 radical (unpaired) electrons. The fourth-order valence-corrected chi connectivity index (χ4v) is 3.52. The van der Waals surface area contributed by atoms with Crippen molar-refractivity contribution < 1.29 is 4.79 Å². The zero-order valence-corrected chi connectivity index (χ0v) is 15.0. The molecule has 2 aromatic rings. The van der Waals surface area contributed by atoms with Gasteiger partial charge in [-0.05, 0) is 37.9 Å². The lowest BCUT2D eigenvalue weighted by Gasteiger charge is -2.17. The van der Waals surface area contributed by atoms with E-state index in [0.717, 1.165) is 17.8 Å². The number of nitrogens with one attached hydrogen (secondary N) is 2. The Morgan fingerprint density at radius 2 is 2.12 bits per heavy atom. The van der Waals surface area contributed by atoms with Gasteiger partial charge in [0.25, 0.3) is 0 Å². The second kappa shape index (κ2) is 7.30. The van der Waals surface area contributed by atoms with E-state index in [2.05, 4.69) is 29.4 Å². The Labute approximate surface area is 147 Å². The molecule has 1 aromatic heterocycles. The van der Waals surface area contributed by atoms with Crippen LogP contribution in [0.1, 0.15) is 38.2 Å². The van der Waals surface area contributed by atoms with Gasteiger partial charge in [0.15, 0.2) is 10.6 Å². The molecule has 6 heteroatoms. The standard InChI is InChI=1S/C18H24N4OS/c1-12-6-8-14(9-7-12)17-20-21-18(24)22(17)11-10-16(23)19-15-5-3-4-13(15)2/h6-9,13,15H,3-5,10-11H2,1-2H3,(H,19,23)(H,21,24). The highest BCUT2D eigenvalue weighted by Gasteiger charge is 2.24. The summed E-state index contributed by atoms with van der Waals surface area (Å²) in [7, 11) is 0. The zero-order valence-electron chi connectivity index (χ0n) is 14.2. The van der Waals surface area contributed by atoms with Crippen LogP contribution in [0.2, 0.25) is 0 Å². The number of hydrogen-bond donors (Lipinski definition) is 2. The molecule has 0 spiro atoms. The van der Waals surface area contributed by atoms with E-state index in [1.807, 2.05) is 28.8 Å². The van der Waals surface area contributed by atoms with E-state index < -0.39 is 0 Å². The van der Waals surface area contributed by atoms with Crippen LogP contribution in [0, 0.1) is 17.6 Å². The number of benzene rings is 1. The van der Waals surface area contributed by atoms with Crippen LogP contribution in [0.5, 0.6) is 0 Å². The van der Waals surface area contributed by atoms with Crippen molar-refractivity contribution in [3.05, 3.63) is 34.6 Å². The minimum Gasteiger partial charge on any atom is -0.353 e. The van der Waals surface area contributed by atoms with E-state index in [-0.39, 0.29) is 5.91 Å². The van der Waals surface area contributed by atoms with E-state index in [0.29, 0.717) is 29.7 Å². The molecule has 1 heterocycles. The van der Waals surface area contributed by atoms with Crippen LogP contribution in [0.15, 0.2) is 24.3 Å². The molecular weight excluding hydrogens is 320 g/mol. The molecule has 1 saturated carbocycles. The fraction of sp³-hybridized carbons (Fsp3) is 0.500. The highest BCUT2D eigenvalue weighted by atomic mass is 32.1. The number of hydrogen-bond acceptors (Lipinski definition) is 3. The van der Waals surface area contributed by atoms with Gasteiger partial charge in [-0.15, -0.1) is 0 Å². The first kappa shape index (κ1) is 16.9. The van der Waals surface area contributed by atoms with Crippen LogP contribution in [-0.4, -0.2) is 26.7 Å². The van der Waals surface area contributed by atoms with Gasteiger partial charge < -0.3 is 5.32 Å². The summed E-state index contributed by atoms with van der Waals surface area (Å²) in [4.78, 5) is 12.3. The number of H-pyrrole nitrogens is 1. The molecule has 0 aliphatic heterocycles. The molecule has 0 saturated heterocycles. The van der Waals surface area contributed by atoms with Crippen molar-refractivity contribution in [2.45, 2.75) is 52.1 Å². The molecule has 2 unspecified atom stereocenters. The van der Waals surface area contributed by atoms with Crippen molar-refractivity contribution in [2.75, 3.05) is 0 Å². The van der Waals surface area contributed by atoms with Crippen LogP contribution >= 0.6 is 12.2 Å². The molecule has 1 aliphatic rings. The van der Waals surface area contributed by atoms with Gasteiger partial charge in [0, 0.05) is 24.6 Å². The summed E-state index contributed by atoms with van der Waals surface area (Å²) in [5.41, 5.74) is 2.20. The highest BCUT2D eigenvalue weighted by molar-refractivity contribution is 7.71. The fourth-order valence-electron chi connectivity index (χ4n) is 3.30. The molecule has 1 aliphatic carbocycles. The van der Waals surface area contributed by atoms with E-state index >= 15 is 0 Å². The molecule has 1 aromatic carbocycles. The topological polar surface area (TPSA) is 62.7 Å². The molecule has 128 valence electrons. The summed E-state index contributed by atoms with van der Waals surface area (Å²) < 4.78 is 2.45. The highest BCUT2D eigenvalue weighted by Crippen LogP contribution is 2.25. The maximum atomic E-state index is 12.3. The third-order valence-corrected chi connectivity index (χ3v) is 5.15. The summed E-state index contributed by atoms with van der Waals surface area (Å²) >= 11 is 5.33. The normalized spacial score (nSPS) is 20.2. The summed E-state index contributed by atoms with van der Waals surface area (Å²) in [5, 5.41) is 10.3. The quantitative estimate of drug-likeness (QED) is 0.815. The Hall–Kier alpha value is -1.95. The largest absolute Gasteiger partial charge is 0.353 e. The average Bonchev–Trinajstić information content (AvgIpc) is 3.12. The minimum absolute atomic E-state index is 0.0895. The number of carbonyl (C=O) groups is 1. The summed E-state index contributed by atoms with van der Waals surface area (Å²) in [5.74, 6) is 1.45. The van der Waals surface area contributed by atoms with Crippen molar-refractivity contribution in [1.82, 2.24) is 20.1 Å². The summed E-state index contributed by atoms with van der Waals surface area (Å²) in [6.45, 7) is 4.79. The molecule has 1 amide bonds. The first-order valence-corrected chi connectivity index (χ1v) is 8.97. The summed E-state index contributed by atoms with van der Waals surface area (Å²) in [6.07, 6.45) is 3.91. The first-order chi connectivity index (χ1) is 11.5. The molecular formula is C18H24N4OS.